The summed E-state index contributed by atoms with van der Waals surface area (Å²) in [6.07, 6.45) is 3.19. The number of aromatic amines is 1. The van der Waals surface area contributed by atoms with Crippen molar-refractivity contribution < 1.29 is 14.6 Å². The highest BCUT2D eigenvalue weighted by Gasteiger charge is 2.43. The van der Waals surface area contributed by atoms with Gasteiger partial charge in [0.25, 0.3) is 5.91 Å². The third-order valence-corrected chi connectivity index (χ3v) is 4.93. The predicted molar refractivity (Wildman–Crippen MR) is 92.4 cm³/mol. The van der Waals surface area contributed by atoms with Gasteiger partial charge in [0.15, 0.2) is 0 Å². The number of nitrogens with one attached hydrogen (secondary N) is 1. The Labute approximate surface area is 146 Å². The molecule has 2 N–H and O–H groups in total. The Morgan fingerprint density at radius 3 is 2.71 bits per heavy atom. The minimum atomic E-state index is -1.14. The summed E-state index contributed by atoms with van der Waals surface area (Å²) in [6.45, 7) is 2.37. The molecule has 0 aliphatic carbocycles. The van der Waals surface area contributed by atoms with Crippen LogP contribution in [-0.4, -0.2) is 40.6 Å². The quantitative estimate of drug-likeness (QED) is 0.891. The summed E-state index contributed by atoms with van der Waals surface area (Å²) in [7, 11) is 1.60. The number of benzene rings is 1. The number of rotatable bonds is 4. The number of ether oxygens (including phenoxy) is 1. The molecular formula is C18H21ClN2O3. The summed E-state index contributed by atoms with van der Waals surface area (Å²) in [5.41, 5.74) is 0.0596. The van der Waals surface area contributed by atoms with Gasteiger partial charge < -0.3 is 19.7 Å². The smallest absolute Gasteiger partial charge is 0.270 e. The van der Waals surface area contributed by atoms with Crippen molar-refractivity contribution in [2.75, 3.05) is 13.7 Å². The van der Waals surface area contributed by atoms with E-state index < -0.39 is 5.60 Å². The molecule has 1 saturated heterocycles. The minimum absolute atomic E-state index is 0.141. The van der Waals surface area contributed by atoms with Crippen molar-refractivity contribution in [3.8, 4) is 5.75 Å². The molecule has 1 aliphatic heterocycles. The molecule has 6 heteroatoms. The van der Waals surface area contributed by atoms with Crippen LogP contribution in [0.15, 0.2) is 36.5 Å². The van der Waals surface area contributed by atoms with E-state index in [-0.39, 0.29) is 11.9 Å². The Morgan fingerprint density at radius 2 is 2.12 bits per heavy atom. The number of amides is 1. The van der Waals surface area contributed by atoms with Crippen molar-refractivity contribution in [3.63, 3.8) is 0 Å². The van der Waals surface area contributed by atoms with Crippen LogP contribution in [0.3, 0.4) is 0 Å². The van der Waals surface area contributed by atoms with Gasteiger partial charge in [0.05, 0.1) is 18.2 Å². The topological polar surface area (TPSA) is 65.6 Å². The Kier molecular flexibility index (Phi) is 4.56. The van der Waals surface area contributed by atoms with Gasteiger partial charge in [-0.1, -0.05) is 23.7 Å². The molecule has 2 aromatic rings. The Morgan fingerprint density at radius 1 is 1.42 bits per heavy atom. The second-order valence-electron chi connectivity index (χ2n) is 6.26. The van der Waals surface area contributed by atoms with Crippen molar-refractivity contribution in [1.82, 2.24) is 9.88 Å². The van der Waals surface area contributed by atoms with Crippen LogP contribution in [-0.2, 0) is 5.60 Å². The molecule has 0 bridgehead atoms. The molecule has 2 heterocycles. The highest BCUT2D eigenvalue weighted by atomic mass is 35.5. The SMILES string of the molecule is COc1ccc([C@](C)(O)[C@H]2CCCN2C(=O)c2cc(Cl)c[nH]2)cc1. The van der Waals surface area contributed by atoms with Crippen molar-refractivity contribution in [2.24, 2.45) is 0 Å². The average molecular weight is 349 g/mol. The van der Waals surface area contributed by atoms with Crippen molar-refractivity contribution in [2.45, 2.75) is 31.4 Å². The maximum Gasteiger partial charge on any atom is 0.270 e. The van der Waals surface area contributed by atoms with E-state index in [0.29, 0.717) is 17.3 Å². The lowest BCUT2D eigenvalue weighted by molar-refractivity contribution is -0.0178. The van der Waals surface area contributed by atoms with E-state index in [4.69, 9.17) is 16.3 Å². The number of aliphatic hydroxyl groups is 1. The fourth-order valence-electron chi connectivity index (χ4n) is 3.36. The summed E-state index contributed by atoms with van der Waals surface area (Å²) in [6, 6.07) is 8.63. The molecule has 0 spiro atoms. The van der Waals surface area contributed by atoms with Gasteiger partial charge in [0.1, 0.15) is 17.0 Å². The second-order valence-corrected chi connectivity index (χ2v) is 6.70. The zero-order valence-electron chi connectivity index (χ0n) is 13.8. The number of hydrogen-bond donors (Lipinski definition) is 2. The van der Waals surface area contributed by atoms with Crippen LogP contribution in [0.5, 0.6) is 5.75 Å². The first kappa shape index (κ1) is 16.9. The molecule has 1 aliphatic rings. The van der Waals surface area contributed by atoms with Crippen LogP contribution >= 0.6 is 11.6 Å². The molecule has 2 atom stereocenters. The molecule has 128 valence electrons. The summed E-state index contributed by atoms with van der Waals surface area (Å²) >= 11 is 5.90. The van der Waals surface area contributed by atoms with Crippen LogP contribution in [0.25, 0.3) is 0 Å². The Hall–Kier alpha value is -1.98. The van der Waals surface area contributed by atoms with E-state index in [1.807, 2.05) is 24.3 Å². The van der Waals surface area contributed by atoms with Crippen LogP contribution < -0.4 is 4.74 Å². The van der Waals surface area contributed by atoms with Gasteiger partial charge >= 0.3 is 0 Å². The second kappa shape index (κ2) is 6.49. The maximum absolute atomic E-state index is 12.8. The van der Waals surface area contributed by atoms with E-state index in [9.17, 15) is 9.90 Å². The van der Waals surface area contributed by atoms with Gasteiger partial charge in [0, 0.05) is 12.7 Å². The predicted octanol–water partition coefficient (Wildman–Crippen LogP) is 3.19. The number of halogens is 1. The molecule has 5 nitrogen and oxygen atoms in total. The Balaban J connectivity index is 1.86. The van der Waals surface area contributed by atoms with E-state index in [1.54, 1.807) is 31.2 Å². The van der Waals surface area contributed by atoms with Crippen LogP contribution in [0.2, 0.25) is 5.02 Å². The van der Waals surface area contributed by atoms with Gasteiger partial charge in [-0.25, -0.2) is 0 Å². The fraction of sp³-hybridized carbons (Fsp3) is 0.389. The van der Waals surface area contributed by atoms with Crippen LogP contribution in [0, 0.1) is 0 Å². The number of H-pyrrole nitrogens is 1. The van der Waals surface area contributed by atoms with Crippen molar-refractivity contribution >= 4 is 17.5 Å². The third kappa shape index (κ3) is 3.01. The van der Waals surface area contributed by atoms with Gasteiger partial charge in [-0.15, -0.1) is 0 Å². The zero-order chi connectivity index (χ0) is 17.3. The lowest BCUT2D eigenvalue weighted by Crippen LogP contribution is -2.48. The molecule has 0 unspecified atom stereocenters. The minimum Gasteiger partial charge on any atom is -0.497 e. The molecule has 24 heavy (non-hydrogen) atoms. The number of carbonyl (C=O) groups excluding carboxylic acids is 1. The number of likely N-dealkylation sites (tertiary alicyclic amines) is 1. The number of carbonyl (C=O) groups is 1. The van der Waals surface area contributed by atoms with Gasteiger partial charge in [-0.2, -0.15) is 0 Å². The maximum atomic E-state index is 12.8. The van der Waals surface area contributed by atoms with E-state index >= 15 is 0 Å². The number of nitrogens with zero attached hydrogens (tertiary/aromatic N) is 1. The molecule has 0 saturated carbocycles. The highest BCUT2D eigenvalue weighted by molar-refractivity contribution is 6.30. The van der Waals surface area contributed by atoms with Gasteiger partial charge in [0.2, 0.25) is 0 Å². The zero-order valence-corrected chi connectivity index (χ0v) is 14.5. The van der Waals surface area contributed by atoms with E-state index in [2.05, 4.69) is 4.98 Å². The number of methoxy groups -OCH3 is 1. The normalized spacial score (nSPS) is 20.0. The molecule has 1 aromatic heterocycles. The lowest BCUT2D eigenvalue weighted by Gasteiger charge is -2.36. The van der Waals surface area contributed by atoms with Crippen molar-refractivity contribution in [1.29, 1.82) is 0 Å². The first-order chi connectivity index (χ1) is 11.4. The first-order valence-electron chi connectivity index (χ1n) is 7.95. The number of hydrogen-bond acceptors (Lipinski definition) is 3. The largest absolute Gasteiger partial charge is 0.497 e. The molecular weight excluding hydrogens is 328 g/mol. The van der Waals surface area contributed by atoms with Crippen molar-refractivity contribution in [3.05, 3.63) is 52.8 Å². The molecule has 1 aromatic carbocycles. The monoisotopic (exact) mass is 348 g/mol. The molecule has 1 amide bonds. The summed E-state index contributed by atoms with van der Waals surface area (Å²) in [5, 5.41) is 11.6. The van der Waals surface area contributed by atoms with E-state index in [1.165, 1.54) is 0 Å². The standard InChI is InChI=1S/C18H21ClN2O3/c1-18(23,12-5-7-14(24-2)8-6-12)16-4-3-9-21(16)17(22)15-10-13(19)11-20-15/h5-8,10-11,16,20,23H,3-4,9H2,1-2H3/t16-,18+/m1/s1. The third-order valence-electron chi connectivity index (χ3n) is 4.72. The molecule has 3 rings (SSSR count). The van der Waals surface area contributed by atoms with Gasteiger partial charge in [-0.3, -0.25) is 4.79 Å². The summed E-state index contributed by atoms with van der Waals surface area (Å²) < 4.78 is 5.16. The van der Waals surface area contributed by atoms with Gasteiger partial charge in [-0.05, 0) is 43.5 Å². The highest BCUT2D eigenvalue weighted by Crippen LogP contribution is 2.36. The fourth-order valence-corrected chi connectivity index (χ4v) is 3.52. The summed E-state index contributed by atoms with van der Waals surface area (Å²) in [4.78, 5) is 17.4. The van der Waals surface area contributed by atoms with Crippen LogP contribution in [0.4, 0.5) is 0 Å². The first-order valence-corrected chi connectivity index (χ1v) is 8.33. The Bertz CT molecular complexity index is 724. The molecule has 1 fully saturated rings. The lowest BCUT2D eigenvalue weighted by atomic mass is 9.86. The van der Waals surface area contributed by atoms with Crippen LogP contribution in [0.1, 0.15) is 35.8 Å². The molecule has 0 radical (unpaired) electrons. The average Bonchev–Trinajstić information content (AvgIpc) is 3.23. The summed E-state index contributed by atoms with van der Waals surface area (Å²) in [5.74, 6) is 0.591. The van der Waals surface area contributed by atoms with E-state index in [0.717, 1.165) is 24.2 Å². The number of aromatic nitrogens is 1.